The van der Waals surface area contributed by atoms with Gasteiger partial charge < -0.3 is 10.1 Å². The van der Waals surface area contributed by atoms with E-state index in [1.54, 1.807) is 18.2 Å². The molecule has 0 aromatic heterocycles. The molecular weight excluding hydrogens is 284 g/mol. The normalized spacial score (nSPS) is 9.47. The van der Waals surface area contributed by atoms with Crippen molar-refractivity contribution in [1.29, 1.82) is 5.26 Å². The van der Waals surface area contributed by atoms with Gasteiger partial charge in [0.1, 0.15) is 11.9 Å². The number of benzene rings is 1. The van der Waals surface area contributed by atoms with E-state index in [0.717, 1.165) is 4.47 Å². The van der Waals surface area contributed by atoms with Gasteiger partial charge in [0, 0.05) is 17.3 Å². The first-order chi connectivity index (χ1) is 8.02. The van der Waals surface area contributed by atoms with Crippen molar-refractivity contribution in [2.75, 3.05) is 5.32 Å². The van der Waals surface area contributed by atoms with Crippen molar-refractivity contribution in [2.24, 2.45) is 0 Å². The quantitative estimate of drug-likeness (QED) is 0.928. The van der Waals surface area contributed by atoms with Crippen LogP contribution < -0.4 is 5.32 Å². The van der Waals surface area contributed by atoms with Crippen molar-refractivity contribution in [1.82, 2.24) is 0 Å². The highest BCUT2D eigenvalue weighted by molar-refractivity contribution is 9.10. The first kappa shape index (κ1) is 13.4. The van der Waals surface area contributed by atoms with Gasteiger partial charge in [0.05, 0.1) is 11.3 Å². The first-order valence-corrected chi connectivity index (χ1v) is 5.81. The SMILES string of the molecule is CC(=O)CCC(=O)Nc1ccc(Br)cc1C#N. The van der Waals surface area contributed by atoms with Gasteiger partial charge in [-0.05, 0) is 25.1 Å². The van der Waals surface area contributed by atoms with E-state index in [4.69, 9.17) is 5.26 Å². The number of halogens is 1. The third kappa shape index (κ3) is 4.37. The summed E-state index contributed by atoms with van der Waals surface area (Å²) in [5, 5.41) is 11.5. The van der Waals surface area contributed by atoms with Crippen molar-refractivity contribution in [3.8, 4) is 6.07 Å². The average Bonchev–Trinajstić information content (AvgIpc) is 2.28. The van der Waals surface area contributed by atoms with E-state index >= 15 is 0 Å². The highest BCUT2D eigenvalue weighted by atomic mass is 79.9. The average molecular weight is 295 g/mol. The van der Waals surface area contributed by atoms with Crippen molar-refractivity contribution in [3.63, 3.8) is 0 Å². The van der Waals surface area contributed by atoms with Crippen LogP contribution in [0.25, 0.3) is 0 Å². The second-order valence-electron chi connectivity index (χ2n) is 3.55. The molecule has 0 saturated heterocycles. The maximum absolute atomic E-state index is 11.5. The molecule has 1 aromatic rings. The Morgan fingerprint density at radius 2 is 2.12 bits per heavy atom. The molecule has 0 bridgehead atoms. The van der Waals surface area contributed by atoms with Gasteiger partial charge in [-0.25, -0.2) is 0 Å². The zero-order chi connectivity index (χ0) is 12.8. The summed E-state index contributed by atoms with van der Waals surface area (Å²) >= 11 is 3.24. The van der Waals surface area contributed by atoms with E-state index in [9.17, 15) is 9.59 Å². The van der Waals surface area contributed by atoms with Crippen LogP contribution in [0.4, 0.5) is 5.69 Å². The lowest BCUT2D eigenvalue weighted by atomic mass is 10.2. The van der Waals surface area contributed by atoms with E-state index in [1.165, 1.54) is 6.92 Å². The van der Waals surface area contributed by atoms with Crippen LogP contribution in [-0.2, 0) is 9.59 Å². The fraction of sp³-hybridized carbons (Fsp3) is 0.250. The maximum Gasteiger partial charge on any atom is 0.224 e. The number of hydrogen-bond donors (Lipinski definition) is 1. The minimum atomic E-state index is -0.265. The topological polar surface area (TPSA) is 70.0 Å². The predicted molar refractivity (Wildman–Crippen MR) is 67.4 cm³/mol. The lowest BCUT2D eigenvalue weighted by molar-refractivity contribution is -0.121. The second kappa shape index (κ2) is 6.16. The number of nitrogens with zero attached hydrogens (tertiary/aromatic N) is 1. The highest BCUT2D eigenvalue weighted by Gasteiger charge is 2.08. The van der Waals surface area contributed by atoms with Crippen LogP contribution in [-0.4, -0.2) is 11.7 Å². The number of rotatable bonds is 4. The Morgan fingerprint density at radius 1 is 1.41 bits per heavy atom. The number of carbonyl (C=O) groups excluding carboxylic acids is 2. The lowest BCUT2D eigenvalue weighted by Gasteiger charge is -2.06. The summed E-state index contributed by atoms with van der Waals surface area (Å²) in [6, 6.07) is 7.01. The summed E-state index contributed by atoms with van der Waals surface area (Å²) < 4.78 is 0.774. The van der Waals surface area contributed by atoms with Gasteiger partial charge in [-0.1, -0.05) is 15.9 Å². The number of nitriles is 1. The van der Waals surface area contributed by atoms with E-state index < -0.39 is 0 Å². The van der Waals surface area contributed by atoms with Gasteiger partial charge in [-0.3, -0.25) is 4.79 Å². The molecule has 0 aliphatic heterocycles. The van der Waals surface area contributed by atoms with E-state index in [2.05, 4.69) is 21.2 Å². The molecule has 1 amide bonds. The molecule has 0 atom stereocenters. The molecule has 4 nitrogen and oxygen atoms in total. The van der Waals surface area contributed by atoms with Gasteiger partial charge in [-0.2, -0.15) is 5.26 Å². The Kier molecular flexibility index (Phi) is 4.85. The molecule has 1 aromatic carbocycles. The van der Waals surface area contributed by atoms with Gasteiger partial charge in [0.2, 0.25) is 5.91 Å². The third-order valence-electron chi connectivity index (χ3n) is 2.08. The molecule has 0 saturated carbocycles. The number of carbonyl (C=O) groups is 2. The zero-order valence-electron chi connectivity index (χ0n) is 9.29. The van der Waals surface area contributed by atoms with E-state index in [0.29, 0.717) is 11.3 Å². The monoisotopic (exact) mass is 294 g/mol. The van der Waals surface area contributed by atoms with Crippen molar-refractivity contribution in [2.45, 2.75) is 19.8 Å². The first-order valence-electron chi connectivity index (χ1n) is 5.02. The van der Waals surface area contributed by atoms with Crippen LogP contribution in [0.2, 0.25) is 0 Å². The van der Waals surface area contributed by atoms with Gasteiger partial charge in [0.25, 0.3) is 0 Å². The Balaban J connectivity index is 2.72. The molecule has 5 heteroatoms. The third-order valence-corrected chi connectivity index (χ3v) is 2.57. The highest BCUT2D eigenvalue weighted by Crippen LogP contribution is 2.20. The molecule has 0 aliphatic carbocycles. The molecule has 0 spiro atoms. The summed E-state index contributed by atoms with van der Waals surface area (Å²) in [4.78, 5) is 22.2. The Labute approximate surface area is 108 Å². The lowest BCUT2D eigenvalue weighted by Crippen LogP contribution is -2.13. The smallest absolute Gasteiger partial charge is 0.224 e. The van der Waals surface area contributed by atoms with Crippen LogP contribution >= 0.6 is 15.9 Å². The summed E-state index contributed by atoms with van der Waals surface area (Å²) in [6.07, 6.45) is 0.348. The van der Waals surface area contributed by atoms with Crippen LogP contribution in [0.5, 0.6) is 0 Å². The zero-order valence-corrected chi connectivity index (χ0v) is 10.9. The maximum atomic E-state index is 11.5. The minimum Gasteiger partial charge on any atom is -0.325 e. The van der Waals surface area contributed by atoms with Gasteiger partial charge in [0.15, 0.2) is 0 Å². The summed E-state index contributed by atoms with van der Waals surface area (Å²) in [5.74, 6) is -0.296. The Hall–Kier alpha value is -1.67. The van der Waals surface area contributed by atoms with Crippen molar-refractivity contribution in [3.05, 3.63) is 28.2 Å². The molecule has 0 radical (unpaired) electrons. The van der Waals surface area contributed by atoms with Crippen molar-refractivity contribution < 1.29 is 9.59 Å². The molecule has 0 fully saturated rings. The molecule has 17 heavy (non-hydrogen) atoms. The number of anilines is 1. The molecule has 88 valence electrons. The minimum absolute atomic E-state index is 0.0311. The number of Topliss-reactive ketones (excluding diaryl/α,β-unsaturated/α-hetero) is 1. The van der Waals surface area contributed by atoms with Crippen LogP contribution in [0.1, 0.15) is 25.3 Å². The molecule has 1 N–H and O–H groups in total. The van der Waals surface area contributed by atoms with Crippen LogP contribution in [0.3, 0.4) is 0 Å². The number of hydrogen-bond acceptors (Lipinski definition) is 3. The fourth-order valence-corrected chi connectivity index (χ4v) is 1.58. The molecule has 0 unspecified atom stereocenters. The Morgan fingerprint density at radius 3 is 2.71 bits per heavy atom. The van der Waals surface area contributed by atoms with Gasteiger partial charge >= 0.3 is 0 Å². The van der Waals surface area contributed by atoms with Crippen LogP contribution in [0, 0.1) is 11.3 Å². The summed E-state index contributed by atoms with van der Waals surface area (Å²) in [7, 11) is 0. The molecule has 0 heterocycles. The van der Waals surface area contributed by atoms with Crippen molar-refractivity contribution >= 4 is 33.3 Å². The number of amides is 1. The Bertz CT molecular complexity index is 492. The largest absolute Gasteiger partial charge is 0.325 e. The molecular formula is C12H11BrN2O2. The summed E-state index contributed by atoms with van der Waals surface area (Å²) in [6.45, 7) is 1.44. The second-order valence-corrected chi connectivity index (χ2v) is 4.47. The standard InChI is InChI=1S/C12H11BrN2O2/c1-8(16)2-5-12(17)15-11-4-3-10(13)6-9(11)7-14/h3-4,6H,2,5H2,1H3,(H,15,17). The fourth-order valence-electron chi connectivity index (χ4n) is 1.22. The summed E-state index contributed by atoms with van der Waals surface area (Å²) in [5.41, 5.74) is 0.847. The number of ketones is 1. The van der Waals surface area contributed by atoms with E-state index in [-0.39, 0.29) is 24.5 Å². The molecule has 1 rings (SSSR count). The van der Waals surface area contributed by atoms with Gasteiger partial charge in [-0.15, -0.1) is 0 Å². The van der Waals surface area contributed by atoms with Crippen LogP contribution in [0.15, 0.2) is 22.7 Å². The number of nitrogens with one attached hydrogen (secondary N) is 1. The predicted octanol–water partition coefficient (Wildman–Crippen LogP) is 2.63. The molecule has 0 aliphatic rings. The van der Waals surface area contributed by atoms with E-state index in [1.807, 2.05) is 6.07 Å².